The number of H-pyrrole nitrogens is 1. The summed E-state index contributed by atoms with van der Waals surface area (Å²) in [4.78, 5) is 31.6. The molecule has 0 saturated carbocycles. The van der Waals surface area contributed by atoms with E-state index in [1.165, 1.54) is 7.11 Å². The fourth-order valence-electron chi connectivity index (χ4n) is 5.40. The Morgan fingerprint density at radius 3 is 2.26 bits per heavy atom. The first-order valence-electron chi connectivity index (χ1n) is 15.8. The Morgan fingerprint density at radius 1 is 1.04 bits per heavy atom. The fourth-order valence-corrected chi connectivity index (χ4v) is 5.65. The number of nitrogens with one attached hydrogen (secondary N) is 2. The number of aromatic amines is 1. The van der Waals surface area contributed by atoms with Gasteiger partial charge in [-0.2, -0.15) is 0 Å². The van der Waals surface area contributed by atoms with E-state index in [4.69, 9.17) is 21.1 Å². The molecule has 3 aromatic carbocycles. The van der Waals surface area contributed by atoms with Gasteiger partial charge in [-0.25, -0.2) is 4.79 Å². The maximum absolute atomic E-state index is 13.9. The van der Waals surface area contributed by atoms with Gasteiger partial charge in [-0.05, 0) is 67.5 Å². The van der Waals surface area contributed by atoms with Crippen molar-refractivity contribution in [1.82, 2.24) is 4.98 Å². The number of anilines is 2. The number of carbonyl (C=O) groups excluding carboxylic acids is 2. The number of hydrogen-bond donors (Lipinski definition) is 2. The number of esters is 1. The topological polar surface area (TPSA) is 83.7 Å². The summed E-state index contributed by atoms with van der Waals surface area (Å²) in [5.74, 6) is 0.922. The number of aromatic nitrogens is 1. The molecule has 46 heavy (non-hydrogen) atoms. The predicted molar refractivity (Wildman–Crippen MR) is 196 cm³/mol. The molecular formula is C38H50ClN3O4. The van der Waals surface area contributed by atoms with Gasteiger partial charge in [0.1, 0.15) is 17.5 Å². The third-order valence-corrected chi connectivity index (χ3v) is 7.88. The third kappa shape index (κ3) is 8.73. The second-order valence-corrected chi connectivity index (χ2v) is 11.1. The summed E-state index contributed by atoms with van der Waals surface area (Å²) in [5, 5.41) is 6.33. The quantitative estimate of drug-likeness (QED) is 0.113. The zero-order chi connectivity index (χ0) is 34.4. The highest BCUT2D eigenvalue weighted by Crippen LogP contribution is 2.45. The number of methoxy groups -OCH3 is 2. The maximum Gasteiger partial charge on any atom is 0.328 e. The van der Waals surface area contributed by atoms with Crippen molar-refractivity contribution < 1.29 is 19.1 Å². The van der Waals surface area contributed by atoms with E-state index in [-0.39, 0.29) is 23.7 Å². The van der Waals surface area contributed by atoms with Crippen molar-refractivity contribution in [3.05, 3.63) is 91.2 Å². The van der Waals surface area contributed by atoms with E-state index in [0.717, 1.165) is 44.4 Å². The lowest BCUT2D eigenvalue weighted by atomic mass is 9.94. The van der Waals surface area contributed by atoms with E-state index in [1.54, 1.807) is 12.0 Å². The standard InChI is InChI=1S/C30H32ClN3O4.C4H8.C2H6.C2H4/c1-17(2)11-26(30(36)38-4)33-24-14-27-28(22-8-6-5-7-21(22)24)19(15-31)16-34(27)29(35)25-13-18-12-20(37-3)9-10-23(18)32-25;1-3-4-2;2*1-2/h5-10,12-14,17,19,26,32-33H,11,15-16H2,1-4H3;3-4H,1-2H3;1-2H3;1-2H2/b;4-3-;;. The predicted octanol–water partition coefficient (Wildman–Crippen LogP) is 9.72. The van der Waals surface area contributed by atoms with Gasteiger partial charge in [0.05, 0.1) is 19.9 Å². The van der Waals surface area contributed by atoms with Crippen LogP contribution in [0.1, 0.15) is 69.9 Å². The summed E-state index contributed by atoms with van der Waals surface area (Å²) in [6.45, 7) is 18.6. The van der Waals surface area contributed by atoms with Crippen LogP contribution in [0.3, 0.4) is 0 Å². The molecule has 0 saturated heterocycles. The molecule has 2 atom stereocenters. The molecule has 1 amide bonds. The molecule has 248 valence electrons. The lowest BCUT2D eigenvalue weighted by Gasteiger charge is -2.23. The van der Waals surface area contributed by atoms with Crippen molar-refractivity contribution >= 4 is 56.5 Å². The SMILES string of the molecule is C/C=C\C.C=C.CC.COC(=O)C(CC(C)C)Nc1cc2c(c3ccccc13)C(CCl)CN2C(=O)c1cc2cc(OC)ccc2[nH]1. The number of allylic oxidation sites excluding steroid dienone is 2. The summed E-state index contributed by atoms with van der Waals surface area (Å²) < 4.78 is 10.4. The Labute approximate surface area is 279 Å². The number of alkyl halides is 1. The summed E-state index contributed by atoms with van der Waals surface area (Å²) in [5.41, 5.74) is 3.98. The molecular weight excluding hydrogens is 598 g/mol. The van der Waals surface area contributed by atoms with Crippen molar-refractivity contribution in [2.24, 2.45) is 5.92 Å². The molecule has 2 N–H and O–H groups in total. The first-order chi connectivity index (χ1) is 22.3. The molecule has 0 radical (unpaired) electrons. The minimum absolute atomic E-state index is 0.0221. The first kappa shape index (κ1) is 38.0. The second-order valence-electron chi connectivity index (χ2n) is 10.8. The molecule has 2 unspecified atom stereocenters. The fraction of sp³-hybridized carbons (Fsp3) is 0.368. The van der Waals surface area contributed by atoms with E-state index < -0.39 is 6.04 Å². The Hall–Kier alpha value is -4.23. The highest BCUT2D eigenvalue weighted by Gasteiger charge is 2.36. The van der Waals surface area contributed by atoms with E-state index >= 15 is 0 Å². The largest absolute Gasteiger partial charge is 0.497 e. The number of hydrogen-bond acceptors (Lipinski definition) is 5. The minimum atomic E-state index is -0.514. The van der Waals surface area contributed by atoms with Gasteiger partial charge >= 0.3 is 5.97 Å². The van der Waals surface area contributed by atoms with Gasteiger partial charge in [-0.3, -0.25) is 4.79 Å². The Kier molecular flexibility index (Phi) is 15.4. The van der Waals surface area contributed by atoms with Crippen LogP contribution < -0.4 is 15.0 Å². The molecule has 5 rings (SSSR count). The number of fused-ring (bicyclic) bond motifs is 4. The smallest absolute Gasteiger partial charge is 0.328 e. The van der Waals surface area contributed by atoms with E-state index in [9.17, 15) is 9.59 Å². The molecule has 2 heterocycles. The van der Waals surface area contributed by atoms with Crippen LogP contribution in [0.2, 0.25) is 0 Å². The van der Waals surface area contributed by atoms with E-state index in [0.29, 0.717) is 24.5 Å². The van der Waals surface area contributed by atoms with Gasteiger partial charge in [-0.15, -0.1) is 24.8 Å². The number of halogens is 1. The number of carbonyl (C=O) groups is 2. The van der Waals surface area contributed by atoms with Crippen LogP contribution >= 0.6 is 11.6 Å². The van der Waals surface area contributed by atoms with Gasteiger partial charge in [0.15, 0.2) is 0 Å². The van der Waals surface area contributed by atoms with Crippen molar-refractivity contribution in [2.75, 3.05) is 36.9 Å². The highest BCUT2D eigenvalue weighted by atomic mass is 35.5. The van der Waals surface area contributed by atoms with Gasteiger partial charge in [-0.1, -0.05) is 64.1 Å². The average molecular weight is 648 g/mol. The van der Waals surface area contributed by atoms with Crippen molar-refractivity contribution in [2.45, 2.75) is 59.9 Å². The molecule has 0 spiro atoms. The number of ether oxygens (including phenoxy) is 2. The van der Waals surface area contributed by atoms with Crippen LogP contribution in [0, 0.1) is 5.92 Å². The molecule has 1 aliphatic heterocycles. The highest BCUT2D eigenvalue weighted by molar-refractivity contribution is 6.19. The lowest BCUT2D eigenvalue weighted by molar-refractivity contribution is -0.141. The summed E-state index contributed by atoms with van der Waals surface area (Å²) in [6.07, 6.45) is 4.61. The zero-order valence-corrected chi connectivity index (χ0v) is 29.3. The molecule has 8 heteroatoms. The molecule has 4 aromatic rings. The van der Waals surface area contributed by atoms with Crippen LogP contribution in [0.5, 0.6) is 5.75 Å². The third-order valence-electron chi connectivity index (χ3n) is 7.51. The summed E-state index contributed by atoms with van der Waals surface area (Å²) in [6, 6.07) is 17.0. The molecule has 0 aliphatic carbocycles. The molecule has 0 fully saturated rings. The number of benzene rings is 3. The van der Waals surface area contributed by atoms with Crippen molar-refractivity contribution in [3.8, 4) is 5.75 Å². The van der Waals surface area contributed by atoms with Gasteiger partial charge in [0.25, 0.3) is 5.91 Å². The summed E-state index contributed by atoms with van der Waals surface area (Å²) >= 11 is 6.45. The van der Waals surface area contributed by atoms with Crippen molar-refractivity contribution in [1.29, 1.82) is 0 Å². The average Bonchev–Trinajstić information content (AvgIpc) is 3.70. The van der Waals surface area contributed by atoms with Gasteiger partial charge < -0.3 is 24.7 Å². The molecule has 0 bridgehead atoms. The maximum atomic E-state index is 13.9. The van der Waals surface area contributed by atoms with E-state index in [2.05, 4.69) is 43.4 Å². The Balaban J connectivity index is 0.000000841. The number of amides is 1. The van der Waals surface area contributed by atoms with Crippen molar-refractivity contribution in [3.63, 3.8) is 0 Å². The Morgan fingerprint density at radius 2 is 1.70 bits per heavy atom. The normalized spacial score (nSPS) is 14.0. The first-order valence-corrected chi connectivity index (χ1v) is 16.3. The van der Waals surface area contributed by atoms with E-state index in [1.807, 2.05) is 88.4 Å². The number of nitrogens with zero attached hydrogens (tertiary/aromatic N) is 1. The molecule has 7 nitrogen and oxygen atoms in total. The summed E-state index contributed by atoms with van der Waals surface area (Å²) in [7, 11) is 3.02. The number of rotatable bonds is 8. The van der Waals surface area contributed by atoms with Crippen LogP contribution in [-0.4, -0.2) is 49.5 Å². The molecule has 1 aromatic heterocycles. The van der Waals surface area contributed by atoms with Gasteiger partial charge in [0.2, 0.25) is 0 Å². The second kappa shape index (κ2) is 18.7. The van der Waals surface area contributed by atoms with Crippen LogP contribution in [-0.2, 0) is 9.53 Å². The van der Waals surface area contributed by atoms with Crippen LogP contribution in [0.25, 0.3) is 21.7 Å². The van der Waals surface area contributed by atoms with Crippen LogP contribution in [0.4, 0.5) is 11.4 Å². The van der Waals surface area contributed by atoms with Crippen LogP contribution in [0.15, 0.2) is 79.9 Å². The zero-order valence-electron chi connectivity index (χ0n) is 28.6. The monoisotopic (exact) mass is 647 g/mol. The lowest BCUT2D eigenvalue weighted by Crippen LogP contribution is -2.32. The van der Waals surface area contributed by atoms with Gasteiger partial charge in [0, 0.05) is 40.3 Å². The minimum Gasteiger partial charge on any atom is -0.497 e. The Bertz CT molecular complexity index is 1610. The molecule has 1 aliphatic rings.